The molecule has 0 amide bonds. The Morgan fingerprint density at radius 2 is 1.70 bits per heavy atom. The van der Waals surface area contributed by atoms with Crippen molar-refractivity contribution >= 4 is 23.7 Å². The molecule has 1 aromatic carbocycles. The molecule has 0 spiro atoms. The zero-order valence-corrected chi connectivity index (χ0v) is 25.5. The Kier molecular flexibility index (Phi) is 7.65. The van der Waals surface area contributed by atoms with Crippen LogP contribution in [0.2, 0.25) is 0 Å². The molecule has 1 unspecified atom stereocenters. The summed E-state index contributed by atoms with van der Waals surface area (Å²) in [4.78, 5) is 53.9. The summed E-state index contributed by atoms with van der Waals surface area (Å²) in [5.74, 6) is -5.12. The third-order valence-corrected chi connectivity index (χ3v) is 10.5. The van der Waals surface area contributed by atoms with Crippen molar-refractivity contribution in [2.75, 3.05) is 13.7 Å². The number of carbonyl (C=O) groups excluding carboxylic acids is 4. The summed E-state index contributed by atoms with van der Waals surface area (Å²) in [6.45, 7) is 8.87. The molecule has 9 atom stereocenters. The first-order chi connectivity index (χ1) is 20.1. The molecular formula is C32H40O11. The number of aliphatic hydroxyl groups excluding tert-OH is 1. The molecule has 1 saturated heterocycles. The van der Waals surface area contributed by atoms with E-state index >= 15 is 4.79 Å². The number of fused-ring (bicyclic) bond motifs is 5. The lowest BCUT2D eigenvalue weighted by atomic mass is 9.45. The van der Waals surface area contributed by atoms with Crippen LogP contribution in [0, 0.1) is 22.7 Å². The lowest BCUT2D eigenvalue weighted by Crippen LogP contribution is -2.81. The van der Waals surface area contributed by atoms with Gasteiger partial charge >= 0.3 is 17.9 Å². The van der Waals surface area contributed by atoms with Crippen molar-refractivity contribution in [2.45, 2.75) is 90.0 Å². The quantitative estimate of drug-likeness (QED) is 0.378. The number of Topliss-reactive ketones (excluding diaryl/α,β-unsaturated/α-hetero) is 1. The van der Waals surface area contributed by atoms with Crippen molar-refractivity contribution in [2.24, 2.45) is 22.7 Å². The number of carbonyl (C=O) groups is 4. The van der Waals surface area contributed by atoms with Crippen LogP contribution in [0.3, 0.4) is 0 Å². The van der Waals surface area contributed by atoms with E-state index in [1.165, 1.54) is 14.0 Å². The number of allylic oxidation sites excluding steroid dienone is 1. The summed E-state index contributed by atoms with van der Waals surface area (Å²) in [6, 6.07) is 8.18. The number of ketones is 1. The first kappa shape index (κ1) is 31.3. The van der Waals surface area contributed by atoms with E-state index in [1.807, 2.05) is 0 Å². The van der Waals surface area contributed by atoms with E-state index < -0.39 is 82.0 Å². The van der Waals surface area contributed by atoms with Crippen LogP contribution in [0.1, 0.15) is 64.7 Å². The molecule has 2 bridgehead atoms. The van der Waals surface area contributed by atoms with Crippen LogP contribution in [-0.2, 0) is 38.1 Å². The highest BCUT2D eigenvalue weighted by Crippen LogP contribution is 2.65. The van der Waals surface area contributed by atoms with Crippen LogP contribution in [0.5, 0.6) is 0 Å². The van der Waals surface area contributed by atoms with E-state index in [1.54, 1.807) is 58.0 Å². The highest BCUT2D eigenvalue weighted by atomic mass is 16.6. The van der Waals surface area contributed by atoms with Crippen molar-refractivity contribution < 1.29 is 53.1 Å². The minimum atomic E-state index is -2.06. The molecule has 0 aromatic heterocycles. The number of methoxy groups -OCH3 is 1. The first-order valence-electron chi connectivity index (χ1n) is 14.5. The normalized spacial score (nSPS) is 39.7. The third kappa shape index (κ3) is 4.38. The third-order valence-electron chi connectivity index (χ3n) is 10.5. The second kappa shape index (κ2) is 10.5. The highest BCUT2D eigenvalue weighted by molar-refractivity contribution is 6.02. The van der Waals surface area contributed by atoms with Gasteiger partial charge in [-0.05, 0) is 24.6 Å². The van der Waals surface area contributed by atoms with Gasteiger partial charge in [-0.2, -0.15) is 0 Å². The molecule has 11 heteroatoms. The van der Waals surface area contributed by atoms with E-state index in [4.69, 9.17) is 23.7 Å². The van der Waals surface area contributed by atoms with Gasteiger partial charge in [0.15, 0.2) is 11.4 Å². The van der Waals surface area contributed by atoms with Crippen molar-refractivity contribution in [3.63, 3.8) is 0 Å². The molecule has 3 fully saturated rings. The van der Waals surface area contributed by atoms with Gasteiger partial charge in [-0.25, -0.2) is 4.79 Å². The fourth-order valence-electron chi connectivity index (χ4n) is 8.21. The number of benzene rings is 1. The molecule has 0 radical (unpaired) electrons. The zero-order chi connectivity index (χ0) is 31.7. The van der Waals surface area contributed by atoms with Gasteiger partial charge in [0.05, 0.1) is 35.7 Å². The largest absolute Gasteiger partial charge is 0.455 e. The molecule has 2 N–H and O–H groups in total. The van der Waals surface area contributed by atoms with Gasteiger partial charge in [-0.1, -0.05) is 39.0 Å². The number of esters is 3. The Hall–Kier alpha value is -3.12. The maximum Gasteiger partial charge on any atom is 0.338 e. The van der Waals surface area contributed by atoms with E-state index in [2.05, 4.69) is 0 Å². The molecule has 234 valence electrons. The van der Waals surface area contributed by atoms with Crippen LogP contribution < -0.4 is 0 Å². The summed E-state index contributed by atoms with van der Waals surface area (Å²) < 4.78 is 29.8. The minimum Gasteiger partial charge on any atom is -0.455 e. The van der Waals surface area contributed by atoms with Crippen molar-refractivity contribution in [3.05, 3.63) is 47.2 Å². The van der Waals surface area contributed by atoms with Gasteiger partial charge in [0.2, 0.25) is 5.78 Å². The average molecular weight is 601 g/mol. The van der Waals surface area contributed by atoms with Gasteiger partial charge in [-0.15, -0.1) is 0 Å². The second-order valence-electron chi connectivity index (χ2n) is 13.0. The van der Waals surface area contributed by atoms with Gasteiger partial charge in [0, 0.05) is 45.1 Å². The Morgan fingerprint density at radius 3 is 2.23 bits per heavy atom. The SMILES string of the molecule is CO[C@H]1C[C@H]2OC[C@@]2(OC(C)=O)[C@H]2[C@H](OC(=O)c3ccccc3)[C@]3(O)C[C@H](O)C(C)C(=C(OC(C)=O)C(=O)[C@]12C)C3(C)C. The number of hydrogen-bond acceptors (Lipinski definition) is 11. The van der Waals surface area contributed by atoms with E-state index in [0.29, 0.717) is 0 Å². The molecule has 5 rings (SSSR count). The van der Waals surface area contributed by atoms with Crippen molar-refractivity contribution in [1.29, 1.82) is 0 Å². The van der Waals surface area contributed by atoms with Gasteiger partial charge in [0.1, 0.15) is 17.8 Å². The molecule has 1 heterocycles. The maximum absolute atomic E-state index is 15.0. The Morgan fingerprint density at radius 1 is 1.05 bits per heavy atom. The van der Waals surface area contributed by atoms with Gasteiger partial charge < -0.3 is 33.9 Å². The summed E-state index contributed by atoms with van der Waals surface area (Å²) in [7, 11) is 1.42. The van der Waals surface area contributed by atoms with Crippen LogP contribution >= 0.6 is 0 Å². The highest BCUT2D eigenvalue weighted by Gasteiger charge is 2.78. The lowest BCUT2D eigenvalue weighted by molar-refractivity contribution is -0.346. The van der Waals surface area contributed by atoms with E-state index in [9.17, 15) is 24.6 Å². The maximum atomic E-state index is 15.0. The summed E-state index contributed by atoms with van der Waals surface area (Å²) >= 11 is 0. The topological polar surface area (TPSA) is 155 Å². The summed E-state index contributed by atoms with van der Waals surface area (Å²) in [5, 5.41) is 24.3. The Bertz CT molecular complexity index is 1370. The molecule has 4 aliphatic rings. The van der Waals surface area contributed by atoms with Crippen LogP contribution in [0.25, 0.3) is 0 Å². The van der Waals surface area contributed by atoms with Crippen molar-refractivity contribution in [3.8, 4) is 0 Å². The average Bonchev–Trinajstić information content (AvgIpc) is 2.92. The number of ether oxygens (including phenoxy) is 5. The number of hydrogen-bond donors (Lipinski definition) is 2. The Labute approximate surface area is 250 Å². The predicted octanol–water partition coefficient (Wildman–Crippen LogP) is 2.51. The van der Waals surface area contributed by atoms with Gasteiger partial charge in [-0.3, -0.25) is 14.4 Å². The predicted molar refractivity (Wildman–Crippen MR) is 149 cm³/mol. The first-order valence-corrected chi connectivity index (χ1v) is 14.5. The van der Waals surface area contributed by atoms with Crippen LogP contribution in [-0.4, -0.2) is 83.2 Å². The zero-order valence-electron chi connectivity index (χ0n) is 25.5. The summed E-state index contributed by atoms with van der Waals surface area (Å²) in [5.41, 5.74) is -6.23. The number of aliphatic hydroxyl groups is 2. The lowest BCUT2D eigenvalue weighted by Gasteiger charge is -2.67. The number of rotatable bonds is 5. The molecule has 3 aliphatic carbocycles. The smallest absolute Gasteiger partial charge is 0.338 e. The molecule has 1 aromatic rings. The standard InChI is InChI=1S/C32H40O11/c1-16-20(35)14-32(38)27(42-28(37)19-11-9-8-10-12-19)25-30(6,26(36)24(41-17(2)33)23(16)29(32,4)5)21(39-7)13-22-31(25,15-40-22)43-18(3)34/h8-12,16,20-22,25,27,35,38H,13-15H2,1-7H3/t16?,20-,21-,22+,25-,27-,30+,31-,32+/m0/s1. The fraction of sp³-hybridized carbons (Fsp3) is 0.625. The van der Waals surface area contributed by atoms with Crippen LogP contribution in [0.4, 0.5) is 0 Å². The Balaban J connectivity index is 1.88. The molecule has 43 heavy (non-hydrogen) atoms. The molecule has 2 saturated carbocycles. The van der Waals surface area contributed by atoms with Crippen molar-refractivity contribution in [1.82, 2.24) is 0 Å². The fourth-order valence-corrected chi connectivity index (χ4v) is 8.21. The minimum absolute atomic E-state index is 0.130. The van der Waals surface area contributed by atoms with Gasteiger partial charge in [0.25, 0.3) is 0 Å². The summed E-state index contributed by atoms with van der Waals surface area (Å²) in [6.07, 6.45) is -4.52. The van der Waals surface area contributed by atoms with Crippen LogP contribution in [0.15, 0.2) is 41.7 Å². The van der Waals surface area contributed by atoms with E-state index in [0.717, 1.165) is 6.92 Å². The van der Waals surface area contributed by atoms with E-state index in [-0.39, 0.29) is 36.3 Å². The molecule has 11 nitrogen and oxygen atoms in total. The molecule has 1 aliphatic heterocycles. The molecular weight excluding hydrogens is 560 g/mol. The monoisotopic (exact) mass is 600 g/mol. The second-order valence-corrected chi connectivity index (χ2v) is 13.0.